The first kappa shape index (κ1) is 16.0. The van der Waals surface area contributed by atoms with Crippen LogP contribution in [-0.2, 0) is 5.41 Å². The van der Waals surface area contributed by atoms with Crippen LogP contribution in [0, 0.1) is 0 Å². The van der Waals surface area contributed by atoms with E-state index in [-0.39, 0.29) is 11.2 Å². The molecule has 1 heterocycles. The van der Waals surface area contributed by atoms with Crippen LogP contribution in [0.3, 0.4) is 0 Å². The standard InChI is InChI=1S/C18H19N3O3/c1-18(2,3)11-5-7-15(22)12(9-11)16-19-13-6-4-10(17(23)21-24)8-14(13)20-16/h4-9,22,24H,1-3H3,(H,19,20)(H,21,23). The molecule has 6 nitrogen and oxygen atoms in total. The number of phenols is 1. The number of hydroxylamine groups is 1. The molecule has 4 N–H and O–H groups in total. The summed E-state index contributed by atoms with van der Waals surface area (Å²) in [6.45, 7) is 6.30. The van der Waals surface area contributed by atoms with E-state index in [1.54, 1.807) is 29.7 Å². The molecule has 1 aromatic heterocycles. The predicted octanol–water partition coefficient (Wildman–Crippen LogP) is 3.35. The number of H-pyrrole nitrogens is 1. The third-order valence-electron chi connectivity index (χ3n) is 3.96. The van der Waals surface area contributed by atoms with E-state index in [0.29, 0.717) is 28.0 Å². The Labute approximate surface area is 139 Å². The lowest BCUT2D eigenvalue weighted by Crippen LogP contribution is -2.18. The molecule has 24 heavy (non-hydrogen) atoms. The number of aromatic hydroxyl groups is 1. The van der Waals surface area contributed by atoms with Gasteiger partial charge in [-0.1, -0.05) is 26.8 Å². The number of fused-ring (bicyclic) bond motifs is 1. The molecule has 3 aromatic rings. The Morgan fingerprint density at radius 2 is 1.92 bits per heavy atom. The molecule has 0 aliphatic heterocycles. The summed E-state index contributed by atoms with van der Waals surface area (Å²) in [6, 6.07) is 10.3. The van der Waals surface area contributed by atoms with Crippen LogP contribution in [0.25, 0.3) is 22.4 Å². The maximum absolute atomic E-state index is 11.5. The van der Waals surface area contributed by atoms with Gasteiger partial charge in [0.2, 0.25) is 0 Å². The Morgan fingerprint density at radius 3 is 2.58 bits per heavy atom. The number of imidazole rings is 1. The van der Waals surface area contributed by atoms with Gasteiger partial charge in [0.1, 0.15) is 11.6 Å². The monoisotopic (exact) mass is 325 g/mol. The van der Waals surface area contributed by atoms with Crippen LogP contribution in [0.5, 0.6) is 5.75 Å². The number of amides is 1. The Balaban J connectivity index is 2.11. The van der Waals surface area contributed by atoms with Crippen LogP contribution >= 0.6 is 0 Å². The van der Waals surface area contributed by atoms with Crippen molar-refractivity contribution >= 4 is 16.9 Å². The van der Waals surface area contributed by atoms with Crippen molar-refractivity contribution in [1.82, 2.24) is 15.4 Å². The molecule has 6 heteroatoms. The Kier molecular flexibility index (Phi) is 3.77. The predicted molar refractivity (Wildman–Crippen MR) is 91.1 cm³/mol. The maximum atomic E-state index is 11.5. The highest BCUT2D eigenvalue weighted by molar-refractivity contribution is 5.97. The zero-order chi connectivity index (χ0) is 17.5. The van der Waals surface area contributed by atoms with Gasteiger partial charge in [-0.25, -0.2) is 10.5 Å². The van der Waals surface area contributed by atoms with Crippen LogP contribution in [0.2, 0.25) is 0 Å². The number of benzene rings is 2. The first-order valence-electron chi connectivity index (χ1n) is 7.57. The number of aromatic nitrogens is 2. The fraction of sp³-hybridized carbons (Fsp3) is 0.222. The largest absolute Gasteiger partial charge is 0.507 e. The van der Waals surface area contributed by atoms with Crippen molar-refractivity contribution in [3.05, 3.63) is 47.5 Å². The Bertz CT molecular complexity index is 923. The lowest BCUT2D eigenvalue weighted by molar-refractivity contribution is 0.0706. The van der Waals surface area contributed by atoms with Gasteiger partial charge in [-0.3, -0.25) is 10.0 Å². The lowest BCUT2D eigenvalue weighted by Gasteiger charge is -2.19. The van der Waals surface area contributed by atoms with Crippen LogP contribution in [0.1, 0.15) is 36.7 Å². The second-order valence-electron chi connectivity index (χ2n) is 6.74. The SMILES string of the molecule is CC(C)(C)c1ccc(O)c(-c2nc3ccc(C(=O)NO)cc3[nH]2)c1. The normalized spacial score (nSPS) is 11.7. The number of phenolic OH excluding ortho intramolecular Hbond substituents is 1. The summed E-state index contributed by atoms with van der Waals surface area (Å²) in [4.78, 5) is 19.1. The van der Waals surface area contributed by atoms with E-state index >= 15 is 0 Å². The molecule has 0 spiro atoms. The molecule has 2 aromatic carbocycles. The van der Waals surface area contributed by atoms with Crippen LogP contribution < -0.4 is 5.48 Å². The number of hydrogen-bond acceptors (Lipinski definition) is 4. The van der Waals surface area contributed by atoms with E-state index in [1.807, 2.05) is 12.1 Å². The zero-order valence-corrected chi connectivity index (χ0v) is 13.7. The van der Waals surface area contributed by atoms with Crippen molar-refractivity contribution in [1.29, 1.82) is 0 Å². The summed E-state index contributed by atoms with van der Waals surface area (Å²) in [5, 5.41) is 18.9. The number of carbonyl (C=O) groups is 1. The van der Waals surface area contributed by atoms with Crippen molar-refractivity contribution in [2.24, 2.45) is 0 Å². The number of nitrogens with one attached hydrogen (secondary N) is 2. The van der Waals surface area contributed by atoms with Crippen molar-refractivity contribution in [2.45, 2.75) is 26.2 Å². The highest BCUT2D eigenvalue weighted by atomic mass is 16.5. The van der Waals surface area contributed by atoms with Gasteiger partial charge in [0, 0.05) is 5.56 Å². The smallest absolute Gasteiger partial charge is 0.274 e. The molecule has 0 saturated carbocycles. The van der Waals surface area contributed by atoms with Gasteiger partial charge in [0.15, 0.2) is 0 Å². The average Bonchev–Trinajstić information content (AvgIpc) is 2.96. The highest BCUT2D eigenvalue weighted by Crippen LogP contribution is 2.33. The molecule has 0 atom stereocenters. The summed E-state index contributed by atoms with van der Waals surface area (Å²) in [6.07, 6.45) is 0. The molecule has 0 fully saturated rings. The zero-order valence-electron chi connectivity index (χ0n) is 13.7. The van der Waals surface area contributed by atoms with E-state index in [1.165, 1.54) is 0 Å². The van der Waals surface area contributed by atoms with E-state index in [9.17, 15) is 9.90 Å². The van der Waals surface area contributed by atoms with Gasteiger partial charge in [-0.05, 0) is 41.3 Å². The van der Waals surface area contributed by atoms with Gasteiger partial charge < -0.3 is 10.1 Å². The second-order valence-corrected chi connectivity index (χ2v) is 6.74. The Morgan fingerprint density at radius 1 is 1.17 bits per heavy atom. The van der Waals surface area contributed by atoms with E-state index in [2.05, 4.69) is 30.7 Å². The number of rotatable bonds is 2. The molecule has 0 radical (unpaired) electrons. The van der Waals surface area contributed by atoms with Crippen molar-refractivity contribution in [2.75, 3.05) is 0 Å². The van der Waals surface area contributed by atoms with Gasteiger partial charge >= 0.3 is 0 Å². The van der Waals surface area contributed by atoms with E-state index < -0.39 is 5.91 Å². The van der Waals surface area contributed by atoms with Crippen LogP contribution in [0.4, 0.5) is 0 Å². The summed E-state index contributed by atoms with van der Waals surface area (Å²) < 4.78 is 0. The van der Waals surface area contributed by atoms with Gasteiger partial charge in [0.25, 0.3) is 5.91 Å². The van der Waals surface area contributed by atoms with Crippen LogP contribution in [-0.4, -0.2) is 26.2 Å². The molecule has 124 valence electrons. The van der Waals surface area contributed by atoms with Gasteiger partial charge in [-0.2, -0.15) is 0 Å². The fourth-order valence-corrected chi connectivity index (χ4v) is 2.54. The minimum atomic E-state index is -0.592. The molecule has 0 saturated heterocycles. The second kappa shape index (κ2) is 5.65. The third-order valence-corrected chi connectivity index (χ3v) is 3.96. The molecule has 0 bridgehead atoms. The van der Waals surface area contributed by atoms with Crippen LogP contribution in [0.15, 0.2) is 36.4 Å². The minimum Gasteiger partial charge on any atom is -0.507 e. The first-order valence-corrected chi connectivity index (χ1v) is 7.57. The molecule has 0 unspecified atom stereocenters. The van der Waals surface area contributed by atoms with Gasteiger partial charge in [0.05, 0.1) is 16.6 Å². The summed E-state index contributed by atoms with van der Waals surface area (Å²) in [7, 11) is 0. The summed E-state index contributed by atoms with van der Waals surface area (Å²) in [5.41, 5.74) is 4.86. The van der Waals surface area contributed by atoms with Crippen molar-refractivity contribution in [3.63, 3.8) is 0 Å². The third kappa shape index (κ3) is 2.83. The molecule has 3 rings (SSSR count). The number of aromatic amines is 1. The van der Waals surface area contributed by atoms with E-state index in [4.69, 9.17) is 5.21 Å². The molecular weight excluding hydrogens is 306 g/mol. The Hall–Kier alpha value is -2.86. The van der Waals surface area contributed by atoms with E-state index in [0.717, 1.165) is 5.56 Å². The molecular formula is C18H19N3O3. The minimum absolute atomic E-state index is 0.0547. The summed E-state index contributed by atoms with van der Waals surface area (Å²) >= 11 is 0. The summed E-state index contributed by atoms with van der Waals surface area (Å²) in [5.74, 6) is 0.0659. The molecule has 0 aliphatic rings. The lowest BCUT2D eigenvalue weighted by atomic mass is 9.86. The average molecular weight is 325 g/mol. The number of carbonyl (C=O) groups excluding carboxylic acids is 1. The van der Waals surface area contributed by atoms with Crippen molar-refractivity contribution < 1.29 is 15.1 Å². The topological polar surface area (TPSA) is 98.2 Å². The van der Waals surface area contributed by atoms with Crippen molar-refractivity contribution in [3.8, 4) is 17.1 Å². The number of hydrogen-bond donors (Lipinski definition) is 4. The highest BCUT2D eigenvalue weighted by Gasteiger charge is 2.18. The number of nitrogens with zero attached hydrogens (tertiary/aromatic N) is 1. The fourth-order valence-electron chi connectivity index (χ4n) is 2.54. The maximum Gasteiger partial charge on any atom is 0.274 e. The molecule has 1 amide bonds. The first-order chi connectivity index (χ1) is 11.3. The molecule has 0 aliphatic carbocycles. The van der Waals surface area contributed by atoms with Gasteiger partial charge in [-0.15, -0.1) is 0 Å². The quantitative estimate of drug-likeness (QED) is 0.429.